The van der Waals surface area contributed by atoms with Gasteiger partial charge in [-0.25, -0.2) is 14.8 Å². The van der Waals surface area contributed by atoms with Crippen molar-refractivity contribution in [3.05, 3.63) is 52.6 Å². The number of alkyl halides is 3. The number of benzene rings is 2. The number of nitrogens with one attached hydrogen (secondary N) is 2. The molecule has 1 saturated heterocycles. The Morgan fingerprint density at radius 3 is 2.56 bits per heavy atom. The molecule has 0 radical (unpaired) electrons. The fourth-order valence-corrected chi connectivity index (χ4v) is 5.16. The number of fused-ring (bicyclic) bond motifs is 2. The van der Waals surface area contributed by atoms with Crippen molar-refractivity contribution in [2.24, 2.45) is 0 Å². The molecule has 2 aromatic carbocycles. The van der Waals surface area contributed by atoms with Crippen LogP contribution in [0.3, 0.4) is 0 Å². The number of halogens is 3. The second-order valence-electron chi connectivity index (χ2n) is 9.85. The Morgan fingerprint density at radius 1 is 1.20 bits per heavy atom. The molecule has 2 fully saturated rings. The SMILES string of the molecule is O=C(O)C(F)(F)F.O=[N+]([O-])c1ccc2nc(CNc3cc(N4CCOCC4)cc4c3ncn4C3CCCC3)[nH]c2c1. The second kappa shape index (κ2) is 11.6. The van der Waals surface area contributed by atoms with E-state index in [9.17, 15) is 23.3 Å². The maximum atomic E-state index is 11.1. The third-order valence-corrected chi connectivity index (χ3v) is 7.17. The number of imidazole rings is 2. The number of nitro benzene ring substituents is 1. The van der Waals surface area contributed by atoms with Crippen LogP contribution >= 0.6 is 0 Å². The van der Waals surface area contributed by atoms with Gasteiger partial charge >= 0.3 is 12.1 Å². The van der Waals surface area contributed by atoms with E-state index in [4.69, 9.17) is 19.6 Å². The quantitative estimate of drug-likeness (QED) is 0.213. The van der Waals surface area contributed by atoms with Crippen molar-refractivity contribution in [2.45, 2.75) is 44.4 Å². The number of carbonyl (C=O) groups is 1. The van der Waals surface area contributed by atoms with Gasteiger partial charge in [0.1, 0.15) is 11.3 Å². The standard InChI is InChI=1S/C24H27N7O3.C2HF3O2/c32-31(33)17-5-6-19-20(11-17)28-23(27-19)14-25-21-12-18(29-7-9-34-10-8-29)13-22-24(21)26-15-30(22)16-3-1-2-4-16;3-2(4,5)1(6)7/h5-6,11-13,15-16,25H,1-4,7-10,14H2,(H,27,28);(H,6,7). The predicted molar refractivity (Wildman–Crippen MR) is 144 cm³/mol. The summed E-state index contributed by atoms with van der Waals surface area (Å²) in [6.07, 6.45) is 1.82. The molecule has 1 saturated carbocycles. The van der Waals surface area contributed by atoms with Crippen LogP contribution in [0, 0.1) is 10.1 Å². The van der Waals surface area contributed by atoms with E-state index in [1.54, 1.807) is 6.07 Å². The number of ether oxygens (including phenoxy) is 1. The van der Waals surface area contributed by atoms with E-state index >= 15 is 0 Å². The van der Waals surface area contributed by atoms with Crippen molar-refractivity contribution in [3.63, 3.8) is 0 Å². The topological polar surface area (TPSA) is 151 Å². The minimum absolute atomic E-state index is 0.0491. The summed E-state index contributed by atoms with van der Waals surface area (Å²) < 4.78 is 39.6. The first-order valence-electron chi connectivity index (χ1n) is 13.1. The summed E-state index contributed by atoms with van der Waals surface area (Å²) >= 11 is 0. The van der Waals surface area contributed by atoms with Crippen molar-refractivity contribution in [2.75, 3.05) is 36.5 Å². The molecule has 0 amide bonds. The number of anilines is 2. The lowest BCUT2D eigenvalue weighted by molar-refractivity contribution is -0.384. The lowest BCUT2D eigenvalue weighted by Crippen LogP contribution is -2.36. The van der Waals surface area contributed by atoms with E-state index in [1.165, 1.54) is 43.5 Å². The summed E-state index contributed by atoms with van der Waals surface area (Å²) in [4.78, 5) is 34.5. The van der Waals surface area contributed by atoms with Crippen molar-refractivity contribution in [1.29, 1.82) is 0 Å². The van der Waals surface area contributed by atoms with Crippen LogP contribution in [0.5, 0.6) is 0 Å². The number of aliphatic carboxylic acids is 1. The number of rotatable bonds is 6. The Hall–Kier alpha value is -4.40. The molecule has 1 aliphatic heterocycles. The molecule has 15 heteroatoms. The Balaban J connectivity index is 0.000000431. The number of H-pyrrole nitrogens is 1. The van der Waals surface area contributed by atoms with Gasteiger partial charge in [-0.05, 0) is 31.0 Å². The molecular weight excluding hydrogens is 547 g/mol. The molecule has 0 unspecified atom stereocenters. The molecule has 2 aromatic heterocycles. The number of aromatic amines is 1. The zero-order valence-electron chi connectivity index (χ0n) is 21.9. The fraction of sp³-hybridized carbons (Fsp3) is 0.423. The minimum Gasteiger partial charge on any atom is -0.475 e. The summed E-state index contributed by atoms with van der Waals surface area (Å²) in [7, 11) is 0. The van der Waals surface area contributed by atoms with Crippen molar-refractivity contribution in [3.8, 4) is 0 Å². The molecule has 1 aliphatic carbocycles. The van der Waals surface area contributed by atoms with E-state index in [2.05, 4.69) is 36.9 Å². The molecule has 0 atom stereocenters. The van der Waals surface area contributed by atoms with Gasteiger partial charge in [0.05, 0.1) is 53.2 Å². The van der Waals surface area contributed by atoms with Crippen LogP contribution in [0.1, 0.15) is 37.5 Å². The Labute approximate surface area is 231 Å². The number of nitro groups is 1. The van der Waals surface area contributed by atoms with Crippen LogP contribution in [0.4, 0.5) is 30.2 Å². The minimum atomic E-state index is -5.08. The lowest BCUT2D eigenvalue weighted by atomic mass is 10.2. The molecule has 3 N–H and O–H groups in total. The van der Waals surface area contributed by atoms with Crippen molar-refractivity contribution < 1.29 is 32.7 Å². The first kappa shape index (κ1) is 28.1. The number of hydrogen-bond donors (Lipinski definition) is 3. The van der Waals surface area contributed by atoms with Crippen LogP contribution in [-0.2, 0) is 16.1 Å². The number of non-ortho nitro benzene ring substituents is 1. The van der Waals surface area contributed by atoms with Gasteiger partial charge in [-0.1, -0.05) is 12.8 Å². The van der Waals surface area contributed by atoms with Gasteiger partial charge in [-0.3, -0.25) is 10.1 Å². The van der Waals surface area contributed by atoms with E-state index in [-0.39, 0.29) is 5.69 Å². The average molecular weight is 576 g/mol. The number of hydrogen-bond acceptors (Lipinski definition) is 8. The van der Waals surface area contributed by atoms with E-state index in [0.29, 0.717) is 23.6 Å². The number of nitrogens with zero attached hydrogens (tertiary/aromatic N) is 5. The zero-order chi connectivity index (χ0) is 29.1. The van der Waals surface area contributed by atoms with Crippen LogP contribution in [0.2, 0.25) is 0 Å². The first-order valence-corrected chi connectivity index (χ1v) is 13.1. The molecule has 41 heavy (non-hydrogen) atoms. The van der Waals surface area contributed by atoms with Crippen molar-refractivity contribution >= 4 is 45.1 Å². The van der Waals surface area contributed by atoms with Crippen LogP contribution in [-0.4, -0.2) is 68.0 Å². The monoisotopic (exact) mass is 575 g/mol. The molecule has 3 heterocycles. The number of carboxylic acids is 1. The van der Waals surface area contributed by atoms with Gasteiger partial charge in [0.15, 0.2) is 0 Å². The van der Waals surface area contributed by atoms with Gasteiger partial charge in [0.2, 0.25) is 0 Å². The highest BCUT2D eigenvalue weighted by molar-refractivity contribution is 5.92. The van der Waals surface area contributed by atoms with Crippen molar-refractivity contribution in [1.82, 2.24) is 19.5 Å². The number of aromatic nitrogens is 4. The summed E-state index contributed by atoms with van der Waals surface area (Å²) in [5.74, 6) is -2.04. The largest absolute Gasteiger partial charge is 0.490 e. The highest BCUT2D eigenvalue weighted by Gasteiger charge is 2.38. The number of carboxylic acid groups (broad SMARTS) is 1. The Kier molecular flexibility index (Phi) is 7.97. The smallest absolute Gasteiger partial charge is 0.475 e. The maximum Gasteiger partial charge on any atom is 0.490 e. The predicted octanol–water partition coefficient (Wildman–Crippen LogP) is 5.02. The Morgan fingerprint density at radius 2 is 1.90 bits per heavy atom. The molecule has 0 bridgehead atoms. The summed E-state index contributed by atoms with van der Waals surface area (Å²) in [6.45, 7) is 3.65. The molecule has 12 nitrogen and oxygen atoms in total. The maximum absolute atomic E-state index is 11.1. The third-order valence-electron chi connectivity index (χ3n) is 7.17. The molecule has 6 rings (SSSR count). The van der Waals surface area contributed by atoms with Gasteiger partial charge in [-0.15, -0.1) is 0 Å². The molecular formula is C26H28F3N7O5. The molecule has 4 aromatic rings. The average Bonchev–Trinajstić information content (AvgIpc) is 3.71. The van der Waals surface area contributed by atoms with Gasteiger partial charge in [-0.2, -0.15) is 13.2 Å². The van der Waals surface area contributed by atoms with E-state index in [1.807, 2.05) is 6.33 Å². The number of morpholine rings is 1. The zero-order valence-corrected chi connectivity index (χ0v) is 21.9. The van der Waals surface area contributed by atoms with Gasteiger partial charge < -0.3 is 29.6 Å². The molecule has 2 aliphatic rings. The first-order chi connectivity index (χ1) is 19.6. The van der Waals surface area contributed by atoms with E-state index < -0.39 is 17.1 Å². The third kappa shape index (κ3) is 6.34. The highest BCUT2D eigenvalue weighted by Crippen LogP contribution is 2.36. The highest BCUT2D eigenvalue weighted by atomic mass is 19.4. The Bertz CT molecular complexity index is 1560. The second-order valence-corrected chi connectivity index (χ2v) is 9.85. The van der Waals surface area contributed by atoms with Gasteiger partial charge in [0.25, 0.3) is 5.69 Å². The summed E-state index contributed by atoms with van der Waals surface area (Å²) in [5, 5.41) is 21.7. The van der Waals surface area contributed by atoms with Crippen LogP contribution in [0.15, 0.2) is 36.7 Å². The van der Waals surface area contributed by atoms with E-state index in [0.717, 1.165) is 48.8 Å². The fourth-order valence-electron chi connectivity index (χ4n) is 5.16. The molecule has 0 spiro atoms. The lowest BCUT2D eigenvalue weighted by Gasteiger charge is -2.29. The van der Waals surface area contributed by atoms with Gasteiger partial charge in [0, 0.05) is 37.0 Å². The van der Waals surface area contributed by atoms with Crippen LogP contribution < -0.4 is 10.2 Å². The summed E-state index contributed by atoms with van der Waals surface area (Å²) in [6, 6.07) is 9.60. The normalized spacial score (nSPS) is 16.1. The summed E-state index contributed by atoms with van der Waals surface area (Å²) in [5.41, 5.74) is 5.65. The van der Waals surface area contributed by atoms with Crippen LogP contribution in [0.25, 0.3) is 22.1 Å². The molecule has 218 valence electrons.